The van der Waals surface area contributed by atoms with Crippen LogP contribution in [0.3, 0.4) is 0 Å². The lowest BCUT2D eigenvalue weighted by atomic mass is 10.0. The number of hydrogen-bond acceptors (Lipinski definition) is 4. The number of rotatable bonds is 6. The lowest BCUT2D eigenvalue weighted by molar-refractivity contribution is -0.895. The number of amides is 3. The van der Waals surface area contributed by atoms with Crippen LogP contribution in [0.15, 0.2) is 11.0 Å². The Kier molecular flexibility index (Phi) is 7.79. The average molecular weight is 426 g/mol. The molecule has 0 unspecified atom stereocenters. The highest BCUT2D eigenvalue weighted by Crippen LogP contribution is 2.28. The minimum Gasteiger partial charge on any atom is -0.338 e. The van der Waals surface area contributed by atoms with Crippen molar-refractivity contribution in [1.82, 2.24) is 14.9 Å². The van der Waals surface area contributed by atoms with Gasteiger partial charge in [0.2, 0.25) is 10.0 Å². The van der Waals surface area contributed by atoms with Gasteiger partial charge in [-0.3, -0.25) is 10.1 Å². The highest BCUT2D eigenvalue weighted by Gasteiger charge is 2.33. The van der Waals surface area contributed by atoms with Gasteiger partial charge >= 0.3 is 6.03 Å². The zero-order chi connectivity index (χ0) is 21.8. The van der Waals surface area contributed by atoms with Gasteiger partial charge in [-0.05, 0) is 56.4 Å². The third-order valence-electron chi connectivity index (χ3n) is 5.52. The van der Waals surface area contributed by atoms with Crippen LogP contribution in [0.25, 0.3) is 0 Å². The summed E-state index contributed by atoms with van der Waals surface area (Å²) in [4.78, 5) is 25.0. The number of carbonyl (C=O) groups is 2. The fourth-order valence-electron chi connectivity index (χ4n) is 3.60. The molecule has 3 amide bonds. The van der Waals surface area contributed by atoms with Gasteiger partial charge in [0.05, 0.1) is 31.1 Å². The number of benzene rings is 1. The smallest absolute Gasteiger partial charge is 0.321 e. The molecule has 0 spiro atoms. The van der Waals surface area contributed by atoms with Crippen LogP contribution in [0.2, 0.25) is 0 Å². The van der Waals surface area contributed by atoms with Gasteiger partial charge in [-0.25, -0.2) is 13.2 Å². The van der Waals surface area contributed by atoms with E-state index in [0.29, 0.717) is 37.6 Å². The average Bonchev–Trinajstić information content (AvgIpc) is 2.65. The summed E-state index contributed by atoms with van der Waals surface area (Å²) in [5.74, 6) is -0.356. The molecule has 1 fully saturated rings. The normalized spacial score (nSPS) is 15.9. The van der Waals surface area contributed by atoms with Gasteiger partial charge in [0.25, 0.3) is 5.91 Å². The van der Waals surface area contributed by atoms with Crippen LogP contribution in [-0.4, -0.2) is 63.9 Å². The first-order valence-corrected chi connectivity index (χ1v) is 11.5. The molecule has 8 nitrogen and oxygen atoms in total. The Morgan fingerprint density at radius 2 is 1.62 bits per heavy atom. The molecule has 29 heavy (non-hydrogen) atoms. The van der Waals surface area contributed by atoms with Crippen LogP contribution in [0.4, 0.5) is 4.79 Å². The first-order chi connectivity index (χ1) is 13.6. The van der Waals surface area contributed by atoms with E-state index in [4.69, 9.17) is 0 Å². The summed E-state index contributed by atoms with van der Waals surface area (Å²) in [6.07, 6.45) is 0.794. The van der Waals surface area contributed by atoms with Crippen molar-refractivity contribution in [1.29, 1.82) is 0 Å². The Labute approximate surface area is 173 Å². The molecule has 1 aromatic carbocycles. The highest BCUT2D eigenvalue weighted by molar-refractivity contribution is 7.89. The van der Waals surface area contributed by atoms with Crippen LogP contribution in [0.5, 0.6) is 0 Å². The molecular formula is C20H33N4O4S+. The first kappa shape index (κ1) is 23.3. The number of aryl methyl sites for hydroxylation is 2. The number of nitrogens with one attached hydrogen (secondary N) is 3. The number of nitrogens with zero attached hydrogens (tertiary/aromatic N) is 1. The van der Waals surface area contributed by atoms with E-state index in [1.54, 1.807) is 0 Å². The fraction of sp³-hybridized carbons (Fsp3) is 0.600. The first-order valence-electron chi connectivity index (χ1n) is 10.1. The van der Waals surface area contributed by atoms with Crippen LogP contribution < -0.4 is 15.5 Å². The number of hydrogen-bond donors (Lipinski definition) is 3. The Morgan fingerprint density at radius 3 is 2.14 bits per heavy atom. The molecule has 2 rings (SSSR count). The van der Waals surface area contributed by atoms with Crippen molar-refractivity contribution in [3.8, 4) is 0 Å². The van der Waals surface area contributed by atoms with Crippen molar-refractivity contribution in [2.24, 2.45) is 0 Å². The minimum absolute atomic E-state index is 0.148. The Balaban J connectivity index is 2.00. The number of quaternary nitrogens is 1. The monoisotopic (exact) mass is 425 g/mol. The van der Waals surface area contributed by atoms with Crippen molar-refractivity contribution in [2.75, 3.05) is 39.3 Å². The number of piperazine rings is 1. The Morgan fingerprint density at radius 1 is 1.07 bits per heavy atom. The summed E-state index contributed by atoms with van der Waals surface area (Å²) in [6.45, 7) is 11.9. The van der Waals surface area contributed by atoms with E-state index in [2.05, 4.69) is 10.6 Å². The predicted molar refractivity (Wildman–Crippen MR) is 112 cm³/mol. The quantitative estimate of drug-likeness (QED) is 0.599. The molecule has 0 radical (unpaired) electrons. The molecule has 0 bridgehead atoms. The van der Waals surface area contributed by atoms with Gasteiger partial charge < -0.3 is 10.2 Å². The summed E-state index contributed by atoms with van der Waals surface area (Å²) >= 11 is 0. The summed E-state index contributed by atoms with van der Waals surface area (Å²) in [6, 6.07) is 1.53. The van der Waals surface area contributed by atoms with Crippen molar-refractivity contribution in [3.63, 3.8) is 0 Å². The molecular weight excluding hydrogens is 392 g/mol. The zero-order valence-corrected chi connectivity index (χ0v) is 18.8. The van der Waals surface area contributed by atoms with Crippen molar-refractivity contribution in [2.45, 2.75) is 45.9 Å². The van der Waals surface area contributed by atoms with Crippen LogP contribution in [-0.2, 0) is 14.8 Å². The Bertz CT molecular complexity index is 849. The lowest BCUT2D eigenvalue weighted by Crippen LogP contribution is -3.15. The second kappa shape index (κ2) is 9.69. The number of urea groups is 1. The zero-order valence-electron chi connectivity index (χ0n) is 18.0. The van der Waals surface area contributed by atoms with E-state index in [1.165, 1.54) is 4.31 Å². The third kappa shape index (κ3) is 5.55. The van der Waals surface area contributed by atoms with E-state index in [-0.39, 0.29) is 12.5 Å². The SMILES string of the molecule is CCCNC(=O)NC(=O)C[NH+]1CCN(S(=O)(=O)c2c(C)c(C)cc(C)c2C)CC1. The third-order valence-corrected chi connectivity index (χ3v) is 7.70. The summed E-state index contributed by atoms with van der Waals surface area (Å²) in [5.41, 5.74) is 3.52. The van der Waals surface area contributed by atoms with Gasteiger partial charge in [0.15, 0.2) is 6.54 Å². The van der Waals surface area contributed by atoms with Gasteiger partial charge in [0.1, 0.15) is 0 Å². The maximum atomic E-state index is 13.3. The standard InChI is InChI=1S/C20H32N4O4S/c1-6-7-21-20(26)22-18(25)13-23-8-10-24(11-9-23)29(27,28)19-16(4)14(2)12-15(3)17(19)5/h12H,6-11,13H2,1-5H3,(H2,21,22,25,26)/p+1. The lowest BCUT2D eigenvalue weighted by Gasteiger charge is -2.32. The van der Waals surface area contributed by atoms with E-state index in [9.17, 15) is 18.0 Å². The molecule has 1 saturated heterocycles. The summed E-state index contributed by atoms with van der Waals surface area (Å²) in [7, 11) is -3.59. The highest BCUT2D eigenvalue weighted by atomic mass is 32.2. The Hall–Kier alpha value is -1.97. The van der Waals surface area contributed by atoms with E-state index in [1.807, 2.05) is 40.7 Å². The van der Waals surface area contributed by atoms with Gasteiger partial charge in [-0.2, -0.15) is 4.31 Å². The molecule has 0 aliphatic carbocycles. The van der Waals surface area contributed by atoms with Gasteiger partial charge in [-0.1, -0.05) is 13.0 Å². The van der Waals surface area contributed by atoms with Crippen LogP contribution >= 0.6 is 0 Å². The molecule has 0 atom stereocenters. The molecule has 9 heteroatoms. The van der Waals surface area contributed by atoms with E-state index < -0.39 is 16.1 Å². The van der Waals surface area contributed by atoms with Gasteiger partial charge in [0, 0.05) is 6.54 Å². The maximum Gasteiger partial charge on any atom is 0.321 e. The molecule has 1 aromatic rings. The van der Waals surface area contributed by atoms with Crippen molar-refractivity contribution < 1.29 is 22.9 Å². The fourth-order valence-corrected chi connectivity index (χ4v) is 5.61. The minimum atomic E-state index is -3.59. The summed E-state index contributed by atoms with van der Waals surface area (Å²) in [5, 5.41) is 4.91. The maximum absolute atomic E-state index is 13.3. The summed E-state index contributed by atoms with van der Waals surface area (Å²) < 4.78 is 28.1. The van der Waals surface area contributed by atoms with Crippen molar-refractivity contribution >= 4 is 22.0 Å². The van der Waals surface area contributed by atoms with Crippen LogP contribution in [0.1, 0.15) is 35.6 Å². The van der Waals surface area contributed by atoms with Crippen molar-refractivity contribution in [3.05, 3.63) is 28.3 Å². The van der Waals surface area contributed by atoms with Gasteiger partial charge in [-0.15, -0.1) is 0 Å². The molecule has 1 heterocycles. The van der Waals surface area contributed by atoms with E-state index in [0.717, 1.165) is 33.6 Å². The number of carbonyl (C=O) groups excluding carboxylic acids is 2. The van der Waals surface area contributed by atoms with E-state index >= 15 is 0 Å². The van der Waals surface area contributed by atoms with Crippen LogP contribution in [0, 0.1) is 27.7 Å². The second-order valence-electron chi connectivity index (χ2n) is 7.72. The molecule has 1 aliphatic heterocycles. The molecule has 3 N–H and O–H groups in total. The molecule has 0 aromatic heterocycles. The number of sulfonamides is 1. The largest absolute Gasteiger partial charge is 0.338 e. The molecule has 162 valence electrons. The predicted octanol–water partition coefficient (Wildman–Crippen LogP) is 0.0453. The molecule has 1 aliphatic rings. The molecule has 0 saturated carbocycles. The topological polar surface area (TPSA) is 100 Å². The number of imide groups is 1. The second-order valence-corrected chi connectivity index (χ2v) is 9.60.